The number of benzene rings is 2. The first-order chi connectivity index (χ1) is 24.5. The van der Waals surface area contributed by atoms with Crippen molar-refractivity contribution in [2.45, 2.75) is 25.8 Å². The summed E-state index contributed by atoms with van der Waals surface area (Å²) in [4.78, 5) is 35.8. The molecule has 0 spiro atoms. The Balaban J connectivity index is 1.36. The summed E-state index contributed by atoms with van der Waals surface area (Å²) in [5.74, 6) is -1.98. The Morgan fingerprint density at radius 2 is 1.76 bits per heavy atom. The zero-order chi connectivity index (χ0) is 35.6. The predicted molar refractivity (Wildman–Crippen MR) is 188 cm³/mol. The van der Waals surface area contributed by atoms with E-state index in [9.17, 15) is 13.2 Å². The van der Waals surface area contributed by atoms with Crippen LogP contribution in [0.1, 0.15) is 25.5 Å². The summed E-state index contributed by atoms with van der Waals surface area (Å²) in [6.45, 7) is 4.81. The summed E-state index contributed by atoms with van der Waals surface area (Å²) < 4.78 is 67.7. The second kappa shape index (κ2) is 12.3. The normalized spacial score (nSPS) is 15.9. The molecule has 1 fully saturated rings. The lowest BCUT2D eigenvalue weighted by Gasteiger charge is -2.40. The third kappa shape index (κ3) is 5.60. The van der Waals surface area contributed by atoms with E-state index in [2.05, 4.69) is 25.0 Å². The van der Waals surface area contributed by atoms with E-state index in [1.54, 1.807) is 35.2 Å². The average Bonchev–Trinajstić information content (AvgIpc) is 3.62. The van der Waals surface area contributed by atoms with Gasteiger partial charge in [-0.1, -0.05) is 50.2 Å². The molecule has 0 amide bonds. The van der Waals surface area contributed by atoms with E-state index in [-0.39, 0.29) is 69.3 Å². The first-order valence-electron chi connectivity index (χ1n) is 16.2. The van der Waals surface area contributed by atoms with Gasteiger partial charge in [0, 0.05) is 37.5 Å². The van der Waals surface area contributed by atoms with Gasteiger partial charge in [-0.05, 0) is 31.2 Å². The van der Waals surface area contributed by atoms with Gasteiger partial charge in [0.2, 0.25) is 0 Å². The fourth-order valence-corrected chi connectivity index (χ4v) is 7.99. The molecule has 7 aromatic rings. The summed E-state index contributed by atoms with van der Waals surface area (Å²) in [5, 5.41) is 4.16. The number of hydrogen-bond donors (Lipinski definition) is 0. The molecule has 2 bridgehead atoms. The lowest BCUT2D eigenvalue weighted by molar-refractivity contribution is 0.275. The van der Waals surface area contributed by atoms with Crippen LogP contribution in [0.25, 0.3) is 50.0 Å². The quantitative estimate of drug-likeness (QED) is 0.236. The molecule has 0 radical (unpaired) electrons. The number of rotatable bonds is 6. The van der Waals surface area contributed by atoms with Crippen molar-refractivity contribution < 1.29 is 21.6 Å². The van der Waals surface area contributed by atoms with Crippen LogP contribution in [0, 0.1) is 11.6 Å². The summed E-state index contributed by atoms with van der Waals surface area (Å²) >= 11 is 0. The van der Waals surface area contributed by atoms with Crippen LogP contribution in [0.5, 0.6) is 0 Å². The van der Waals surface area contributed by atoms with Crippen molar-refractivity contribution in [2.24, 2.45) is 0 Å². The highest BCUT2D eigenvalue weighted by molar-refractivity contribution is 7.89. The van der Waals surface area contributed by atoms with Crippen LogP contribution >= 0.6 is 0 Å². The topological polar surface area (TPSA) is 145 Å². The SMILES string of the molecule is CC(C)c1nccc2oc3cccc(F)c3c3nc4c(cc3F)c(N3CCN(C)CC3CS(=O)(=O)n3cnc(-c5ccccc5)n3)nc(=O)n4c12. The van der Waals surface area contributed by atoms with Crippen molar-refractivity contribution >= 4 is 54.5 Å². The molecule has 2 aromatic carbocycles. The molecule has 0 N–H and O–H groups in total. The van der Waals surface area contributed by atoms with Gasteiger partial charge in [0.25, 0.3) is 10.0 Å². The number of halogens is 2. The fraction of sp³-hybridized carbons (Fsp3) is 0.257. The minimum atomic E-state index is -4.09. The Kier molecular flexibility index (Phi) is 7.87. The highest BCUT2D eigenvalue weighted by atomic mass is 32.2. The Bertz CT molecular complexity index is 2700. The van der Waals surface area contributed by atoms with E-state index < -0.39 is 39.1 Å². The van der Waals surface area contributed by atoms with Crippen molar-refractivity contribution in [1.82, 2.24) is 38.4 Å². The lowest BCUT2D eigenvalue weighted by Crippen LogP contribution is -2.55. The number of likely N-dealkylation sites (N-methyl/N-ethyl adjacent to an activating group) is 1. The first-order valence-corrected chi connectivity index (χ1v) is 17.9. The molecule has 0 aliphatic carbocycles. The number of nitrogens with zero attached hydrogens (tertiary/aromatic N) is 9. The van der Waals surface area contributed by atoms with Crippen LogP contribution in [0.3, 0.4) is 0 Å². The zero-order valence-electron chi connectivity index (χ0n) is 27.7. The van der Waals surface area contributed by atoms with Gasteiger partial charge in [0.1, 0.15) is 34.6 Å². The van der Waals surface area contributed by atoms with E-state index in [1.807, 2.05) is 31.9 Å². The maximum absolute atomic E-state index is 16.3. The van der Waals surface area contributed by atoms with Crippen LogP contribution in [-0.2, 0) is 10.0 Å². The van der Waals surface area contributed by atoms with E-state index in [1.165, 1.54) is 28.8 Å². The number of piperazine rings is 1. The van der Waals surface area contributed by atoms with Crippen molar-refractivity contribution in [3.8, 4) is 11.4 Å². The molecule has 1 aliphatic heterocycles. The van der Waals surface area contributed by atoms with Crippen molar-refractivity contribution in [3.05, 3.63) is 101 Å². The van der Waals surface area contributed by atoms with Gasteiger partial charge in [-0.2, -0.15) is 4.98 Å². The molecule has 1 unspecified atom stereocenters. The molecule has 1 saturated heterocycles. The summed E-state index contributed by atoms with van der Waals surface area (Å²) in [6.07, 6.45) is 2.67. The van der Waals surface area contributed by atoms with Crippen LogP contribution in [-0.4, -0.2) is 85.3 Å². The third-order valence-electron chi connectivity index (χ3n) is 9.07. The van der Waals surface area contributed by atoms with Crippen molar-refractivity contribution in [2.75, 3.05) is 37.3 Å². The van der Waals surface area contributed by atoms with Crippen molar-refractivity contribution in [1.29, 1.82) is 0 Å². The molecular weight excluding hydrogens is 681 g/mol. The van der Waals surface area contributed by atoms with Gasteiger partial charge in [-0.15, -0.1) is 9.19 Å². The Labute approximate surface area is 289 Å². The maximum atomic E-state index is 16.3. The monoisotopic (exact) mass is 711 g/mol. The van der Waals surface area contributed by atoms with Crippen molar-refractivity contribution in [3.63, 3.8) is 0 Å². The molecule has 0 saturated carbocycles. The number of fused-ring (bicyclic) bond motifs is 5. The number of aromatic nitrogens is 7. The highest BCUT2D eigenvalue weighted by Crippen LogP contribution is 2.33. The molecule has 1 atom stereocenters. The summed E-state index contributed by atoms with van der Waals surface area (Å²) in [5.41, 5.74) is 0.403. The number of anilines is 1. The largest absolute Gasteiger partial charge is 0.454 e. The Hall–Kier alpha value is -5.61. The Morgan fingerprint density at radius 3 is 2.55 bits per heavy atom. The second-order valence-corrected chi connectivity index (χ2v) is 14.7. The van der Waals surface area contributed by atoms with Gasteiger partial charge in [0.05, 0.1) is 28.3 Å². The van der Waals surface area contributed by atoms with Crippen LogP contribution in [0.15, 0.2) is 82.4 Å². The number of hydrogen-bond acceptors (Lipinski definition) is 11. The third-order valence-corrected chi connectivity index (χ3v) is 10.6. The molecule has 51 heavy (non-hydrogen) atoms. The van der Waals surface area contributed by atoms with E-state index in [0.29, 0.717) is 17.8 Å². The maximum Gasteiger partial charge on any atom is 0.356 e. The fourth-order valence-electron chi connectivity index (χ4n) is 6.67. The zero-order valence-corrected chi connectivity index (χ0v) is 28.5. The smallest absolute Gasteiger partial charge is 0.356 e. The molecule has 260 valence electrons. The molecule has 8 rings (SSSR count). The molecule has 16 heteroatoms. The van der Waals surface area contributed by atoms with Gasteiger partial charge in [0.15, 0.2) is 22.9 Å². The lowest BCUT2D eigenvalue weighted by atomic mass is 10.1. The number of pyridine rings is 2. The van der Waals surface area contributed by atoms with Gasteiger partial charge in [-0.25, -0.2) is 36.4 Å². The first kappa shape index (κ1) is 32.6. The van der Waals surface area contributed by atoms with Gasteiger partial charge in [-0.3, -0.25) is 4.98 Å². The molecule has 13 nitrogen and oxygen atoms in total. The van der Waals surface area contributed by atoms with E-state index in [4.69, 9.17) is 4.42 Å². The van der Waals surface area contributed by atoms with E-state index in [0.717, 1.165) is 16.5 Å². The Morgan fingerprint density at radius 1 is 0.961 bits per heavy atom. The van der Waals surface area contributed by atoms with E-state index >= 15 is 8.78 Å². The standard InChI is InChI=1S/C35H31F2N9O4S/c1-20(2)29-31-27(12-13-38-29)50-26-11-7-10-24(36)28(26)30-25(37)16-23-33(41-35(47)46(31)34(23)40-30)44-15-14-43(3)17-22(44)18-51(48,49)45-19-39-32(42-45)21-8-5-4-6-9-21/h4-13,16,19-20,22H,14-15,17-18H2,1-3H3. The van der Waals surface area contributed by atoms with Crippen LogP contribution in [0.2, 0.25) is 0 Å². The molecular formula is C35H31F2N9O4S. The highest BCUT2D eigenvalue weighted by Gasteiger charge is 2.34. The minimum Gasteiger partial charge on any atom is -0.454 e. The minimum absolute atomic E-state index is 0.00446. The van der Waals surface area contributed by atoms with Gasteiger partial charge < -0.3 is 14.2 Å². The summed E-state index contributed by atoms with van der Waals surface area (Å²) in [7, 11) is -2.23. The van der Waals surface area contributed by atoms with Gasteiger partial charge >= 0.3 is 5.69 Å². The summed E-state index contributed by atoms with van der Waals surface area (Å²) in [6, 6.07) is 15.1. The molecule has 1 aliphatic rings. The molecule has 5 aromatic heterocycles. The van der Waals surface area contributed by atoms with Crippen LogP contribution in [0.4, 0.5) is 14.6 Å². The molecule has 6 heterocycles. The second-order valence-electron chi connectivity index (χ2n) is 12.9. The van der Waals surface area contributed by atoms with Crippen LogP contribution < -0.4 is 10.6 Å². The predicted octanol–water partition coefficient (Wildman–Crippen LogP) is 4.76. The average molecular weight is 712 g/mol.